The van der Waals surface area contributed by atoms with Crippen LogP contribution in [0.25, 0.3) is 0 Å². The van der Waals surface area contributed by atoms with Gasteiger partial charge in [0.1, 0.15) is 0 Å². The number of hydrogen-bond donors (Lipinski definition) is 1. The molecule has 1 N–H and O–H groups in total. The monoisotopic (exact) mass is 201 g/mol. The number of imidazole rings is 1. The van der Waals surface area contributed by atoms with Crippen molar-refractivity contribution in [3.8, 4) is 0 Å². The number of para-hydroxylation sites is 1. The van der Waals surface area contributed by atoms with Crippen LogP contribution in [0, 0.1) is 0 Å². The average Bonchev–Trinajstić information content (AvgIpc) is 2.80. The van der Waals surface area contributed by atoms with Crippen molar-refractivity contribution in [2.24, 2.45) is 0 Å². The van der Waals surface area contributed by atoms with Crippen molar-refractivity contribution >= 4 is 5.69 Å². The van der Waals surface area contributed by atoms with Crippen molar-refractivity contribution in [1.82, 2.24) is 9.97 Å². The molecular formula is C12H15N3. The van der Waals surface area contributed by atoms with Gasteiger partial charge in [-0.2, -0.15) is 0 Å². The second-order valence-electron chi connectivity index (χ2n) is 3.43. The van der Waals surface area contributed by atoms with Crippen molar-refractivity contribution in [3.05, 3.63) is 48.5 Å². The molecule has 0 atom stereocenters. The lowest BCUT2D eigenvalue weighted by Crippen LogP contribution is -2.21. The van der Waals surface area contributed by atoms with E-state index in [-0.39, 0.29) is 0 Å². The first-order chi connectivity index (χ1) is 7.40. The van der Waals surface area contributed by atoms with Crippen LogP contribution >= 0.6 is 0 Å². The van der Waals surface area contributed by atoms with Gasteiger partial charge in [-0.3, -0.25) is 0 Å². The van der Waals surface area contributed by atoms with Crippen LogP contribution in [0.3, 0.4) is 0 Å². The van der Waals surface area contributed by atoms with Crippen LogP contribution in [-0.4, -0.2) is 16.5 Å². The summed E-state index contributed by atoms with van der Waals surface area (Å²) in [6, 6.07) is 10.4. The summed E-state index contributed by atoms with van der Waals surface area (Å²) in [7, 11) is 0. The number of nitrogens with zero attached hydrogens (tertiary/aromatic N) is 2. The molecule has 0 spiro atoms. The molecule has 0 saturated heterocycles. The summed E-state index contributed by atoms with van der Waals surface area (Å²) >= 11 is 0. The molecule has 0 aliphatic carbocycles. The van der Waals surface area contributed by atoms with Crippen molar-refractivity contribution in [2.45, 2.75) is 13.5 Å². The van der Waals surface area contributed by atoms with E-state index in [1.807, 2.05) is 12.3 Å². The highest BCUT2D eigenvalue weighted by molar-refractivity contribution is 5.45. The first-order valence-electron chi connectivity index (χ1n) is 5.17. The van der Waals surface area contributed by atoms with Crippen molar-refractivity contribution < 1.29 is 0 Å². The van der Waals surface area contributed by atoms with Gasteiger partial charge in [0.2, 0.25) is 0 Å². The van der Waals surface area contributed by atoms with E-state index in [1.54, 1.807) is 6.33 Å². The highest BCUT2D eigenvalue weighted by Gasteiger charge is 2.04. The van der Waals surface area contributed by atoms with E-state index in [4.69, 9.17) is 0 Å². The minimum absolute atomic E-state index is 0.876. The van der Waals surface area contributed by atoms with Crippen molar-refractivity contribution in [2.75, 3.05) is 11.4 Å². The van der Waals surface area contributed by atoms with E-state index < -0.39 is 0 Å². The Morgan fingerprint density at radius 1 is 1.27 bits per heavy atom. The molecule has 0 radical (unpaired) electrons. The van der Waals surface area contributed by atoms with Gasteiger partial charge in [-0.15, -0.1) is 0 Å². The first-order valence-corrected chi connectivity index (χ1v) is 5.17. The summed E-state index contributed by atoms with van der Waals surface area (Å²) in [6.07, 6.45) is 3.58. The Kier molecular flexibility index (Phi) is 3.02. The second kappa shape index (κ2) is 4.64. The molecule has 1 aromatic heterocycles. The molecule has 0 amide bonds. The predicted octanol–water partition coefficient (Wildman–Crippen LogP) is 2.44. The molecule has 1 aromatic carbocycles. The van der Waals surface area contributed by atoms with E-state index in [9.17, 15) is 0 Å². The number of aromatic amines is 1. The number of rotatable bonds is 4. The summed E-state index contributed by atoms with van der Waals surface area (Å²) in [5.74, 6) is 0. The van der Waals surface area contributed by atoms with Crippen LogP contribution in [-0.2, 0) is 6.54 Å². The average molecular weight is 201 g/mol. The number of H-pyrrole nitrogens is 1. The van der Waals surface area contributed by atoms with Crippen LogP contribution in [0.2, 0.25) is 0 Å². The fourth-order valence-corrected chi connectivity index (χ4v) is 1.60. The zero-order valence-electron chi connectivity index (χ0n) is 8.85. The van der Waals surface area contributed by atoms with Gasteiger partial charge < -0.3 is 9.88 Å². The molecule has 0 saturated carbocycles. The lowest BCUT2D eigenvalue weighted by atomic mass is 10.2. The molecule has 0 unspecified atom stereocenters. The lowest BCUT2D eigenvalue weighted by Gasteiger charge is -2.22. The number of hydrogen-bond acceptors (Lipinski definition) is 2. The maximum Gasteiger partial charge on any atom is 0.0922 e. The molecule has 0 aliphatic rings. The Morgan fingerprint density at radius 3 is 2.67 bits per heavy atom. The SMILES string of the molecule is CCN(Cc1cnc[nH]1)c1ccccc1. The van der Waals surface area contributed by atoms with E-state index >= 15 is 0 Å². The van der Waals surface area contributed by atoms with Crippen LogP contribution in [0.5, 0.6) is 0 Å². The normalized spacial score (nSPS) is 10.2. The summed E-state index contributed by atoms with van der Waals surface area (Å²) in [5, 5.41) is 0. The molecular weight excluding hydrogens is 186 g/mol. The standard InChI is InChI=1S/C12H15N3/c1-2-15(9-11-8-13-10-14-11)12-6-4-3-5-7-12/h3-8,10H,2,9H2,1H3,(H,13,14). The second-order valence-corrected chi connectivity index (χ2v) is 3.43. The zero-order chi connectivity index (χ0) is 10.5. The number of benzene rings is 1. The Morgan fingerprint density at radius 2 is 2.07 bits per heavy atom. The highest BCUT2D eigenvalue weighted by Crippen LogP contribution is 2.14. The van der Waals surface area contributed by atoms with Gasteiger partial charge >= 0.3 is 0 Å². The summed E-state index contributed by atoms with van der Waals surface area (Å²) < 4.78 is 0. The number of anilines is 1. The van der Waals surface area contributed by atoms with Crippen LogP contribution in [0.15, 0.2) is 42.9 Å². The lowest BCUT2D eigenvalue weighted by molar-refractivity contribution is 0.815. The Hall–Kier alpha value is -1.77. The van der Waals surface area contributed by atoms with E-state index in [1.165, 1.54) is 5.69 Å². The molecule has 0 bridgehead atoms. The zero-order valence-corrected chi connectivity index (χ0v) is 8.85. The van der Waals surface area contributed by atoms with E-state index in [2.05, 4.69) is 46.1 Å². The fourth-order valence-electron chi connectivity index (χ4n) is 1.60. The Balaban J connectivity index is 2.12. The van der Waals surface area contributed by atoms with Crippen LogP contribution < -0.4 is 4.90 Å². The topological polar surface area (TPSA) is 31.9 Å². The Labute approximate surface area is 89.8 Å². The molecule has 78 valence electrons. The predicted molar refractivity (Wildman–Crippen MR) is 61.8 cm³/mol. The number of nitrogens with one attached hydrogen (secondary N) is 1. The minimum atomic E-state index is 0.876. The van der Waals surface area contributed by atoms with Gasteiger partial charge in [-0.05, 0) is 19.1 Å². The third-order valence-corrected chi connectivity index (χ3v) is 2.42. The smallest absolute Gasteiger partial charge is 0.0922 e. The van der Waals surface area contributed by atoms with Crippen LogP contribution in [0.4, 0.5) is 5.69 Å². The first kappa shape index (κ1) is 9.77. The maximum absolute atomic E-state index is 4.02. The molecule has 2 rings (SSSR count). The van der Waals surface area contributed by atoms with Gasteiger partial charge in [0.15, 0.2) is 0 Å². The molecule has 2 aromatic rings. The van der Waals surface area contributed by atoms with Gasteiger partial charge in [-0.25, -0.2) is 4.98 Å². The number of aromatic nitrogens is 2. The molecule has 15 heavy (non-hydrogen) atoms. The summed E-state index contributed by atoms with van der Waals surface area (Å²) in [6.45, 7) is 4.02. The van der Waals surface area contributed by atoms with Gasteiger partial charge in [0, 0.05) is 18.4 Å². The molecule has 1 heterocycles. The van der Waals surface area contributed by atoms with Crippen LogP contribution in [0.1, 0.15) is 12.6 Å². The van der Waals surface area contributed by atoms with E-state index in [0.717, 1.165) is 18.8 Å². The highest BCUT2D eigenvalue weighted by atomic mass is 15.1. The van der Waals surface area contributed by atoms with Gasteiger partial charge in [0.05, 0.1) is 18.6 Å². The third kappa shape index (κ3) is 2.37. The van der Waals surface area contributed by atoms with Crippen molar-refractivity contribution in [1.29, 1.82) is 0 Å². The summed E-state index contributed by atoms with van der Waals surface area (Å²) in [4.78, 5) is 9.44. The Bertz CT molecular complexity index is 381. The minimum Gasteiger partial charge on any atom is -0.366 e. The summed E-state index contributed by atoms with van der Waals surface area (Å²) in [5.41, 5.74) is 2.38. The third-order valence-electron chi connectivity index (χ3n) is 2.42. The fraction of sp³-hybridized carbons (Fsp3) is 0.250. The van der Waals surface area contributed by atoms with Gasteiger partial charge in [-0.1, -0.05) is 18.2 Å². The molecule has 0 fully saturated rings. The largest absolute Gasteiger partial charge is 0.366 e. The van der Waals surface area contributed by atoms with E-state index in [0.29, 0.717) is 0 Å². The quantitative estimate of drug-likeness (QED) is 0.824. The van der Waals surface area contributed by atoms with Crippen molar-refractivity contribution in [3.63, 3.8) is 0 Å². The molecule has 3 nitrogen and oxygen atoms in total. The molecule has 0 aliphatic heterocycles. The van der Waals surface area contributed by atoms with Gasteiger partial charge in [0.25, 0.3) is 0 Å². The maximum atomic E-state index is 4.02. The molecule has 3 heteroatoms.